The maximum atomic E-state index is 14.3. The molecule has 0 N–H and O–H groups in total. The van der Waals surface area contributed by atoms with Crippen molar-refractivity contribution in [2.24, 2.45) is 0 Å². The van der Waals surface area contributed by atoms with E-state index in [1.807, 2.05) is 0 Å². The number of aryl methyl sites for hydroxylation is 1. The second-order valence-electron chi connectivity index (χ2n) is 8.38. The lowest BCUT2D eigenvalue weighted by atomic mass is 10.1. The van der Waals surface area contributed by atoms with Gasteiger partial charge in [0.2, 0.25) is 0 Å². The van der Waals surface area contributed by atoms with Gasteiger partial charge >= 0.3 is 0 Å². The van der Waals surface area contributed by atoms with Crippen molar-refractivity contribution in [2.75, 3.05) is 31.2 Å². The average molecular weight is 563 g/mol. The van der Waals surface area contributed by atoms with Gasteiger partial charge in [0.05, 0.1) is 40.3 Å². The Morgan fingerprint density at radius 2 is 1.89 bits per heavy atom. The van der Waals surface area contributed by atoms with Crippen LogP contribution < -0.4 is 4.90 Å². The molecule has 2 aromatic heterocycles. The minimum absolute atomic E-state index is 0.161. The lowest BCUT2D eigenvalue weighted by Gasteiger charge is -2.26. The van der Waals surface area contributed by atoms with Gasteiger partial charge in [0.25, 0.3) is 0 Å². The summed E-state index contributed by atoms with van der Waals surface area (Å²) in [4.78, 5) is 15.8. The quantitative estimate of drug-likeness (QED) is 0.314. The van der Waals surface area contributed by atoms with E-state index in [0.717, 1.165) is 22.1 Å². The van der Waals surface area contributed by atoms with E-state index < -0.39 is 32.1 Å². The van der Waals surface area contributed by atoms with Crippen LogP contribution in [0.5, 0.6) is 0 Å². The number of ether oxygens (including phenoxy) is 1. The molecule has 7 nitrogen and oxygen atoms in total. The maximum absolute atomic E-state index is 14.3. The van der Waals surface area contributed by atoms with E-state index >= 15 is 0 Å². The van der Waals surface area contributed by atoms with Gasteiger partial charge in [-0.2, -0.15) is 0 Å². The number of benzene rings is 2. The summed E-state index contributed by atoms with van der Waals surface area (Å²) >= 11 is 8.21. The lowest BCUT2D eigenvalue weighted by Crippen LogP contribution is -2.36. The first-order valence-electron chi connectivity index (χ1n) is 11.3. The molecule has 37 heavy (non-hydrogen) atoms. The van der Waals surface area contributed by atoms with Gasteiger partial charge in [-0.3, -0.25) is 0 Å². The minimum Gasteiger partial charge on any atom is -0.378 e. The molecule has 2 aromatic carbocycles. The molecule has 0 unspecified atom stereocenters. The molecule has 0 amide bonds. The molecular weight excluding hydrogens is 542 g/mol. The largest absolute Gasteiger partial charge is 0.378 e. The van der Waals surface area contributed by atoms with E-state index in [0.29, 0.717) is 55.1 Å². The Bertz CT molecular complexity index is 1570. The fourth-order valence-electron chi connectivity index (χ4n) is 4.01. The number of rotatable bonds is 6. The average Bonchev–Trinajstić information content (AvgIpc) is 3.32. The van der Waals surface area contributed by atoms with Crippen LogP contribution in [0.3, 0.4) is 0 Å². The van der Waals surface area contributed by atoms with E-state index in [1.165, 1.54) is 11.3 Å². The van der Waals surface area contributed by atoms with Crippen LogP contribution in [0.25, 0.3) is 21.8 Å². The summed E-state index contributed by atoms with van der Waals surface area (Å²) < 4.78 is 59.4. The molecule has 1 aliphatic heterocycles. The predicted molar refractivity (Wildman–Crippen MR) is 139 cm³/mol. The number of aromatic nitrogens is 3. The zero-order valence-corrected chi connectivity index (χ0v) is 22.0. The van der Waals surface area contributed by atoms with Crippen LogP contribution >= 0.6 is 22.9 Å². The van der Waals surface area contributed by atoms with Gasteiger partial charge in [-0.1, -0.05) is 41.1 Å². The van der Waals surface area contributed by atoms with E-state index in [1.54, 1.807) is 37.4 Å². The van der Waals surface area contributed by atoms with Crippen molar-refractivity contribution < 1.29 is 21.9 Å². The van der Waals surface area contributed by atoms with E-state index in [2.05, 4.69) is 14.9 Å². The van der Waals surface area contributed by atoms with Crippen LogP contribution in [0, 0.1) is 18.6 Å². The number of hydrogen-bond acceptors (Lipinski definition) is 8. The van der Waals surface area contributed by atoms with Crippen molar-refractivity contribution in [1.29, 1.82) is 0 Å². The molecule has 0 spiro atoms. The Morgan fingerprint density at radius 3 is 2.65 bits per heavy atom. The molecule has 1 saturated heterocycles. The van der Waals surface area contributed by atoms with Crippen LogP contribution in [0.15, 0.2) is 53.6 Å². The molecule has 192 valence electrons. The highest BCUT2D eigenvalue weighted by atomic mass is 35.5. The molecule has 3 heterocycles. The van der Waals surface area contributed by atoms with Gasteiger partial charge in [0.15, 0.2) is 15.0 Å². The number of anilines is 1. The van der Waals surface area contributed by atoms with Gasteiger partial charge in [-0.15, -0.1) is 0 Å². The summed E-state index contributed by atoms with van der Waals surface area (Å²) in [5, 5.41) is 0.925. The van der Waals surface area contributed by atoms with Gasteiger partial charge in [0, 0.05) is 24.8 Å². The van der Waals surface area contributed by atoms with E-state index in [-0.39, 0.29) is 10.6 Å². The predicted octanol–water partition coefficient (Wildman–Crippen LogP) is 5.32. The van der Waals surface area contributed by atoms with Crippen LogP contribution in [-0.2, 0) is 20.3 Å². The molecule has 0 aliphatic carbocycles. The highest BCUT2D eigenvalue weighted by molar-refractivity contribution is 7.90. The smallest absolute Gasteiger partial charge is 0.186 e. The van der Waals surface area contributed by atoms with Crippen LogP contribution in [0.1, 0.15) is 11.4 Å². The molecule has 0 atom stereocenters. The van der Waals surface area contributed by atoms with E-state index in [9.17, 15) is 17.2 Å². The third kappa shape index (κ3) is 5.35. The lowest BCUT2D eigenvalue weighted by molar-refractivity contribution is 0.122. The van der Waals surface area contributed by atoms with E-state index in [4.69, 9.17) is 21.3 Å². The normalized spacial score (nSPS) is 14.2. The first kappa shape index (κ1) is 25.7. The summed E-state index contributed by atoms with van der Waals surface area (Å²) in [5.74, 6) is -1.89. The summed E-state index contributed by atoms with van der Waals surface area (Å²) in [7, 11) is -4.23. The molecule has 12 heteroatoms. The van der Waals surface area contributed by atoms with Crippen LogP contribution in [0.2, 0.25) is 5.02 Å². The van der Waals surface area contributed by atoms with Gasteiger partial charge in [-0.05, 0) is 36.8 Å². The van der Waals surface area contributed by atoms with Gasteiger partial charge in [0.1, 0.15) is 22.4 Å². The summed E-state index contributed by atoms with van der Waals surface area (Å²) in [5.41, 5.74) is 1.96. The van der Waals surface area contributed by atoms with Crippen molar-refractivity contribution in [3.63, 3.8) is 0 Å². The molecule has 0 radical (unpaired) electrons. The third-order valence-corrected chi connectivity index (χ3v) is 9.07. The zero-order chi connectivity index (χ0) is 26.2. The Hall–Kier alpha value is -2.99. The van der Waals surface area contributed by atoms with Gasteiger partial charge in [-0.25, -0.2) is 32.2 Å². The minimum atomic E-state index is -4.23. The Morgan fingerprint density at radius 1 is 1.11 bits per heavy atom. The van der Waals surface area contributed by atoms with Crippen molar-refractivity contribution in [1.82, 2.24) is 15.0 Å². The standard InChI is InChI=1S/C25H21ClF2N4O3S2/c1-15-29-8-7-20(30-15)24-23(31-25(36-24)32-9-11-35-12-10-32)18-4-2-3-16(22(18)26)14-37(33,34)21-13-17(27)5-6-19(21)28/h2-8,13H,9-12,14H2,1H3. The van der Waals surface area contributed by atoms with Crippen LogP contribution in [0.4, 0.5) is 13.9 Å². The number of thiazole rings is 1. The van der Waals surface area contributed by atoms with Gasteiger partial charge < -0.3 is 9.64 Å². The number of morpholine rings is 1. The SMILES string of the molecule is Cc1nccc(-c2sc(N3CCOCC3)nc2-c2cccc(CS(=O)(=O)c3cc(F)ccc3F)c2Cl)n1. The number of nitrogens with zero attached hydrogens (tertiary/aromatic N) is 4. The molecule has 1 aliphatic rings. The summed E-state index contributed by atoms with van der Waals surface area (Å²) in [6.45, 7) is 4.32. The van der Waals surface area contributed by atoms with Crippen LogP contribution in [-0.4, -0.2) is 49.7 Å². The fraction of sp³-hybridized carbons (Fsp3) is 0.240. The van der Waals surface area contributed by atoms with Crippen molar-refractivity contribution >= 4 is 37.9 Å². The summed E-state index contributed by atoms with van der Waals surface area (Å²) in [6, 6.07) is 9.07. The molecule has 1 fully saturated rings. The number of halogens is 3. The molecule has 0 saturated carbocycles. The second-order valence-corrected chi connectivity index (χ2v) is 11.7. The topological polar surface area (TPSA) is 85.3 Å². The fourth-order valence-corrected chi connectivity index (χ4v) is 6.94. The second kappa shape index (κ2) is 10.4. The zero-order valence-electron chi connectivity index (χ0n) is 19.6. The Labute approximate surface area is 221 Å². The first-order valence-corrected chi connectivity index (χ1v) is 14.2. The summed E-state index contributed by atoms with van der Waals surface area (Å²) in [6.07, 6.45) is 1.66. The third-order valence-electron chi connectivity index (χ3n) is 5.81. The van der Waals surface area contributed by atoms with Crippen molar-refractivity contribution in [3.05, 3.63) is 76.7 Å². The monoisotopic (exact) mass is 562 g/mol. The molecular formula is C25H21ClF2N4O3S2. The van der Waals surface area contributed by atoms with Crippen molar-refractivity contribution in [2.45, 2.75) is 17.6 Å². The highest BCUT2D eigenvalue weighted by Gasteiger charge is 2.26. The Balaban J connectivity index is 1.59. The first-order chi connectivity index (χ1) is 17.7. The highest BCUT2D eigenvalue weighted by Crippen LogP contribution is 2.43. The Kier molecular flexibility index (Phi) is 7.21. The van der Waals surface area contributed by atoms with Crippen molar-refractivity contribution in [3.8, 4) is 21.8 Å². The number of sulfone groups is 1. The molecule has 4 aromatic rings. The number of hydrogen-bond donors (Lipinski definition) is 0. The molecule has 5 rings (SSSR count). The maximum Gasteiger partial charge on any atom is 0.186 e. The molecule has 0 bridgehead atoms.